The van der Waals surface area contributed by atoms with E-state index in [9.17, 15) is 0 Å². The molecule has 2 aromatic heterocycles. The molecule has 0 fully saturated rings. The lowest BCUT2D eigenvalue weighted by Gasteiger charge is -2.08. The van der Waals surface area contributed by atoms with E-state index in [1.54, 1.807) is 0 Å². The van der Waals surface area contributed by atoms with Gasteiger partial charge in [-0.15, -0.1) is 0 Å². The molecule has 43 heavy (non-hydrogen) atoms. The van der Waals surface area contributed by atoms with Crippen molar-refractivity contribution in [1.82, 2.24) is 15.0 Å². The highest BCUT2D eigenvalue weighted by molar-refractivity contribution is 6.10. The van der Waals surface area contributed by atoms with Crippen molar-refractivity contribution in [3.05, 3.63) is 152 Å². The van der Waals surface area contributed by atoms with Crippen molar-refractivity contribution >= 4 is 21.9 Å². The minimum Gasteiger partial charge on any atom is -0.455 e. The van der Waals surface area contributed by atoms with Crippen LogP contribution in [-0.4, -0.2) is 15.0 Å². The Morgan fingerprint density at radius 1 is 0.349 bits per heavy atom. The molecule has 0 amide bonds. The third kappa shape index (κ3) is 4.65. The summed E-state index contributed by atoms with van der Waals surface area (Å²) in [5, 5.41) is 2.14. The second-order valence-electron chi connectivity index (χ2n) is 10.5. The first kappa shape index (κ1) is 24.9. The van der Waals surface area contributed by atoms with Crippen molar-refractivity contribution < 1.29 is 4.42 Å². The molecule has 0 spiro atoms. The topological polar surface area (TPSA) is 51.8 Å². The first-order valence-electron chi connectivity index (χ1n) is 14.3. The number of para-hydroxylation sites is 1. The molecule has 0 N–H and O–H groups in total. The number of benzene rings is 6. The summed E-state index contributed by atoms with van der Waals surface area (Å²) < 4.78 is 6.57. The fourth-order valence-corrected chi connectivity index (χ4v) is 5.58. The van der Waals surface area contributed by atoms with Crippen molar-refractivity contribution in [3.8, 4) is 56.4 Å². The zero-order valence-electron chi connectivity index (χ0n) is 23.2. The highest BCUT2D eigenvalue weighted by Crippen LogP contribution is 2.38. The van der Waals surface area contributed by atoms with Crippen molar-refractivity contribution in [2.24, 2.45) is 0 Å². The van der Waals surface area contributed by atoms with E-state index in [0.29, 0.717) is 17.5 Å². The smallest absolute Gasteiger partial charge is 0.164 e. The van der Waals surface area contributed by atoms with Gasteiger partial charge in [-0.05, 0) is 28.8 Å². The third-order valence-corrected chi connectivity index (χ3v) is 7.76. The first-order valence-corrected chi connectivity index (χ1v) is 14.3. The van der Waals surface area contributed by atoms with Gasteiger partial charge in [0.05, 0.1) is 0 Å². The molecule has 0 radical (unpaired) electrons. The molecule has 202 valence electrons. The van der Waals surface area contributed by atoms with Gasteiger partial charge in [0.1, 0.15) is 11.2 Å². The van der Waals surface area contributed by atoms with Crippen LogP contribution in [0.25, 0.3) is 78.4 Å². The molecule has 0 aliphatic rings. The zero-order valence-corrected chi connectivity index (χ0v) is 23.2. The van der Waals surface area contributed by atoms with Crippen molar-refractivity contribution in [2.75, 3.05) is 0 Å². The van der Waals surface area contributed by atoms with E-state index in [0.717, 1.165) is 49.8 Å². The van der Waals surface area contributed by atoms with Crippen LogP contribution >= 0.6 is 0 Å². The number of hydrogen-bond acceptors (Lipinski definition) is 4. The first-order chi connectivity index (χ1) is 21.3. The van der Waals surface area contributed by atoms with Gasteiger partial charge in [0.2, 0.25) is 0 Å². The summed E-state index contributed by atoms with van der Waals surface area (Å²) in [5.74, 6) is 1.87. The molecule has 4 nitrogen and oxygen atoms in total. The fraction of sp³-hybridized carbons (Fsp3) is 0. The quantitative estimate of drug-likeness (QED) is 0.214. The van der Waals surface area contributed by atoms with Crippen LogP contribution in [0.1, 0.15) is 0 Å². The molecule has 0 saturated carbocycles. The standard InChI is InChI=1S/C39H25N3O/c1-4-11-26(12-5-1)27-19-21-28(22-20-27)32-17-10-18-34-33-24-23-31(25-35(33)43-36(32)34)39-41-37(29-13-6-2-7-14-29)40-38(42-39)30-15-8-3-9-16-30/h1-25H. The summed E-state index contributed by atoms with van der Waals surface area (Å²) >= 11 is 0. The monoisotopic (exact) mass is 551 g/mol. The van der Waals surface area contributed by atoms with Crippen molar-refractivity contribution in [2.45, 2.75) is 0 Å². The Morgan fingerprint density at radius 2 is 0.837 bits per heavy atom. The molecule has 0 bridgehead atoms. The van der Waals surface area contributed by atoms with E-state index in [4.69, 9.17) is 19.4 Å². The third-order valence-electron chi connectivity index (χ3n) is 7.76. The SMILES string of the molecule is c1ccc(-c2ccc(-c3cccc4c3oc3cc(-c5nc(-c6ccccc6)nc(-c6ccccc6)n5)ccc34)cc2)cc1. The summed E-state index contributed by atoms with van der Waals surface area (Å²) in [7, 11) is 0. The Balaban J connectivity index is 1.23. The van der Waals surface area contributed by atoms with E-state index in [1.807, 2.05) is 72.8 Å². The Morgan fingerprint density at radius 3 is 1.44 bits per heavy atom. The second-order valence-corrected chi connectivity index (χ2v) is 10.5. The van der Waals surface area contributed by atoms with Crippen LogP contribution in [0.15, 0.2) is 156 Å². The van der Waals surface area contributed by atoms with Gasteiger partial charge in [0.15, 0.2) is 17.5 Å². The summed E-state index contributed by atoms with van der Waals surface area (Å²) in [6.45, 7) is 0. The zero-order chi connectivity index (χ0) is 28.6. The average molecular weight is 552 g/mol. The molecule has 0 aliphatic heterocycles. The number of rotatable bonds is 5. The molecule has 8 aromatic rings. The van der Waals surface area contributed by atoms with Gasteiger partial charge >= 0.3 is 0 Å². The van der Waals surface area contributed by atoms with E-state index >= 15 is 0 Å². The van der Waals surface area contributed by atoms with Gasteiger partial charge in [-0.3, -0.25) is 0 Å². The maximum Gasteiger partial charge on any atom is 0.164 e. The second kappa shape index (κ2) is 10.5. The van der Waals surface area contributed by atoms with Crippen LogP contribution in [0.4, 0.5) is 0 Å². The van der Waals surface area contributed by atoms with Crippen LogP contribution in [0.2, 0.25) is 0 Å². The summed E-state index contributed by atoms with van der Waals surface area (Å²) in [6, 6.07) is 51.7. The maximum atomic E-state index is 6.57. The molecule has 0 aliphatic carbocycles. The molecule has 0 unspecified atom stereocenters. The predicted octanol–water partition coefficient (Wildman–Crippen LogP) is 10.1. The Labute approximate surface area is 249 Å². The molecule has 4 heteroatoms. The maximum absolute atomic E-state index is 6.57. The summed E-state index contributed by atoms with van der Waals surface area (Å²) in [4.78, 5) is 14.6. The predicted molar refractivity (Wildman–Crippen MR) is 174 cm³/mol. The van der Waals surface area contributed by atoms with Gasteiger partial charge in [0, 0.05) is 33.0 Å². The Bertz CT molecular complexity index is 2150. The lowest BCUT2D eigenvalue weighted by molar-refractivity contribution is 0.670. The van der Waals surface area contributed by atoms with Crippen molar-refractivity contribution in [1.29, 1.82) is 0 Å². The highest BCUT2D eigenvalue weighted by Gasteiger charge is 2.16. The Kier molecular flexibility index (Phi) is 6.08. The molecule has 8 rings (SSSR count). The molecule has 0 saturated heterocycles. The van der Waals surface area contributed by atoms with Gasteiger partial charge in [-0.25, -0.2) is 15.0 Å². The highest BCUT2D eigenvalue weighted by atomic mass is 16.3. The van der Waals surface area contributed by atoms with Crippen LogP contribution in [0, 0.1) is 0 Å². The lowest BCUT2D eigenvalue weighted by Crippen LogP contribution is -2.00. The van der Waals surface area contributed by atoms with Gasteiger partial charge in [0.25, 0.3) is 0 Å². The van der Waals surface area contributed by atoms with Gasteiger partial charge in [-0.1, -0.05) is 140 Å². The summed E-state index contributed by atoms with van der Waals surface area (Å²) in [6.07, 6.45) is 0. The van der Waals surface area contributed by atoms with Gasteiger partial charge in [-0.2, -0.15) is 0 Å². The molecular weight excluding hydrogens is 526 g/mol. The van der Waals surface area contributed by atoms with E-state index in [-0.39, 0.29) is 0 Å². The Hall–Kier alpha value is -5.87. The number of aromatic nitrogens is 3. The number of fused-ring (bicyclic) bond motifs is 3. The van der Waals surface area contributed by atoms with E-state index in [1.165, 1.54) is 11.1 Å². The molecular formula is C39H25N3O. The van der Waals surface area contributed by atoms with Gasteiger partial charge < -0.3 is 4.42 Å². The van der Waals surface area contributed by atoms with Crippen LogP contribution in [-0.2, 0) is 0 Å². The fourth-order valence-electron chi connectivity index (χ4n) is 5.58. The largest absolute Gasteiger partial charge is 0.455 e. The van der Waals surface area contributed by atoms with E-state index in [2.05, 4.69) is 78.9 Å². The van der Waals surface area contributed by atoms with Crippen molar-refractivity contribution in [3.63, 3.8) is 0 Å². The molecule has 6 aromatic carbocycles. The average Bonchev–Trinajstić information content (AvgIpc) is 3.47. The normalized spacial score (nSPS) is 11.3. The molecule has 2 heterocycles. The number of nitrogens with zero attached hydrogens (tertiary/aromatic N) is 3. The van der Waals surface area contributed by atoms with E-state index < -0.39 is 0 Å². The minimum atomic E-state index is 0.604. The van der Waals surface area contributed by atoms with Crippen LogP contribution in [0.5, 0.6) is 0 Å². The lowest BCUT2D eigenvalue weighted by atomic mass is 9.99. The molecule has 0 atom stereocenters. The van der Waals surface area contributed by atoms with Crippen LogP contribution < -0.4 is 0 Å². The van der Waals surface area contributed by atoms with Crippen LogP contribution in [0.3, 0.4) is 0 Å². The number of hydrogen-bond donors (Lipinski definition) is 0. The summed E-state index contributed by atoms with van der Waals surface area (Å²) in [5.41, 5.74) is 8.98. The number of furan rings is 1. The minimum absolute atomic E-state index is 0.604.